The second kappa shape index (κ2) is 3.50. The Kier molecular flexibility index (Phi) is 2.61. The van der Waals surface area contributed by atoms with E-state index in [-0.39, 0.29) is 6.04 Å². The quantitative estimate of drug-likeness (QED) is 0.722. The van der Waals surface area contributed by atoms with E-state index in [9.17, 15) is 0 Å². The minimum atomic E-state index is 0.0393. The van der Waals surface area contributed by atoms with Crippen LogP contribution in [-0.4, -0.2) is 4.98 Å². The minimum absolute atomic E-state index is 0.0393. The Labute approximate surface area is 73.1 Å². The second-order valence-corrected chi connectivity index (χ2v) is 2.94. The first-order valence-electron chi connectivity index (χ1n) is 3.99. The molecule has 0 aliphatic rings. The van der Waals surface area contributed by atoms with E-state index < -0.39 is 0 Å². The van der Waals surface area contributed by atoms with Crippen molar-refractivity contribution < 1.29 is 0 Å². The zero-order valence-electron chi connectivity index (χ0n) is 7.54. The molecule has 1 aromatic rings. The molecule has 0 aromatic carbocycles. The van der Waals surface area contributed by atoms with Gasteiger partial charge in [-0.15, -0.1) is 0 Å². The molecule has 2 nitrogen and oxygen atoms in total. The molecule has 0 aliphatic heterocycles. The maximum atomic E-state index is 5.76. The summed E-state index contributed by atoms with van der Waals surface area (Å²) in [6, 6.07) is 0.0393. The number of hydrogen-bond acceptors (Lipinski definition) is 2. The van der Waals surface area contributed by atoms with E-state index in [1.165, 1.54) is 5.56 Å². The molecule has 2 heteroatoms. The maximum absolute atomic E-state index is 5.76. The Bertz CT molecular complexity index is 290. The SMILES string of the molecule is C=Cc1cncc([C@H](C)N)c1C. The molecule has 1 heterocycles. The highest BCUT2D eigenvalue weighted by molar-refractivity contribution is 5.52. The van der Waals surface area contributed by atoms with Crippen molar-refractivity contribution in [3.63, 3.8) is 0 Å². The van der Waals surface area contributed by atoms with Crippen molar-refractivity contribution in [2.75, 3.05) is 0 Å². The summed E-state index contributed by atoms with van der Waals surface area (Å²) in [6.45, 7) is 7.71. The lowest BCUT2D eigenvalue weighted by molar-refractivity contribution is 0.802. The molecular formula is C10H14N2. The first-order valence-corrected chi connectivity index (χ1v) is 3.99. The molecule has 0 bridgehead atoms. The van der Waals surface area contributed by atoms with E-state index in [1.807, 2.05) is 20.0 Å². The number of rotatable bonds is 2. The summed E-state index contributed by atoms with van der Waals surface area (Å²) in [5.41, 5.74) is 9.09. The van der Waals surface area contributed by atoms with Crippen molar-refractivity contribution in [2.45, 2.75) is 19.9 Å². The van der Waals surface area contributed by atoms with Crippen LogP contribution in [0.1, 0.15) is 29.7 Å². The monoisotopic (exact) mass is 162 g/mol. The molecular weight excluding hydrogens is 148 g/mol. The van der Waals surface area contributed by atoms with Crippen LogP contribution in [0.25, 0.3) is 6.08 Å². The second-order valence-electron chi connectivity index (χ2n) is 2.94. The molecule has 0 fully saturated rings. The van der Waals surface area contributed by atoms with Crippen LogP contribution in [0.4, 0.5) is 0 Å². The number of aromatic nitrogens is 1. The highest BCUT2D eigenvalue weighted by atomic mass is 14.7. The lowest BCUT2D eigenvalue weighted by Gasteiger charge is -2.10. The van der Waals surface area contributed by atoms with Crippen molar-refractivity contribution in [3.8, 4) is 0 Å². The van der Waals surface area contributed by atoms with Crippen LogP contribution >= 0.6 is 0 Å². The molecule has 1 rings (SSSR count). The fourth-order valence-electron chi connectivity index (χ4n) is 1.22. The van der Waals surface area contributed by atoms with Gasteiger partial charge in [0.1, 0.15) is 0 Å². The lowest BCUT2D eigenvalue weighted by Crippen LogP contribution is -2.08. The first-order chi connectivity index (χ1) is 5.66. The van der Waals surface area contributed by atoms with Crippen LogP contribution in [0, 0.1) is 6.92 Å². The van der Waals surface area contributed by atoms with Crippen molar-refractivity contribution in [1.29, 1.82) is 0 Å². The number of pyridine rings is 1. The molecule has 0 radical (unpaired) electrons. The van der Waals surface area contributed by atoms with Gasteiger partial charge in [0.2, 0.25) is 0 Å². The van der Waals surface area contributed by atoms with Crippen molar-refractivity contribution >= 4 is 6.08 Å². The Hall–Kier alpha value is -1.15. The summed E-state index contributed by atoms with van der Waals surface area (Å²) in [4.78, 5) is 4.09. The highest BCUT2D eigenvalue weighted by Gasteiger charge is 2.05. The molecule has 64 valence electrons. The Morgan fingerprint density at radius 2 is 2.25 bits per heavy atom. The summed E-state index contributed by atoms with van der Waals surface area (Å²) < 4.78 is 0. The normalized spacial score (nSPS) is 12.6. The van der Waals surface area contributed by atoms with Crippen LogP contribution in [0.3, 0.4) is 0 Å². The van der Waals surface area contributed by atoms with Gasteiger partial charge in [-0.1, -0.05) is 12.7 Å². The zero-order valence-corrected chi connectivity index (χ0v) is 7.54. The summed E-state index contributed by atoms with van der Waals surface area (Å²) in [7, 11) is 0. The average Bonchev–Trinajstić information content (AvgIpc) is 2.04. The smallest absolute Gasteiger partial charge is 0.0343 e. The first kappa shape index (κ1) is 8.94. The van der Waals surface area contributed by atoms with E-state index in [1.54, 1.807) is 12.3 Å². The van der Waals surface area contributed by atoms with Crippen LogP contribution in [0.15, 0.2) is 19.0 Å². The van der Waals surface area contributed by atoms with Crippen LogP contribution in [0.2, 0.25) is 0 Å². The zero-order chi connectivity index (χ0) is 9.14. The van der Waals surface area contributed by atoms with Gasteiger partial charge in [-0.25, -0.2) is 0 Å². The summed E-state index contributed by atoms with van der Waals surface area (Å²) >= 11 is 0. The van der Waals surface area contributed by atoms with Crippen molar-refractivity contribution in [1.82, 2.24) is 4.98 Å². The molecule has 0 aliphatic carbocycles. The van der Waals surface area contributed by atoms with Gasteiger partial charge >= 0.3 is 0 Å². The third-order valence-corrected chi connectivity index (χ3v) is 2.00. The summed E-state index contributed by atoms with van der Waals surface area (Å²) in [5.74, 6) is 0. The van der Waals surface area contributed by atoms with Crippen molar-refractivity contribution in [2.24, 2.45) is 5.73 Å². The number of nitrogens with zero attached hydrogens (tertiary/aromatic N) is 1. The van der Waals surface area contributed by atoms with Gasteiger partial charge in [-0.2, -0.15) is 0 Å². The average molecular weight is 162 g/mol. The predicted molar refractivity (Wildman–Crippen MR) is 51.7 cm³/mol. The predicted octanol–water partition coefficient (Wildman–Crippen LogP) is 2.05. The van der Waals surface area contributed by atoms with E-state index in [4.69, 9.17) is 5.73 Å². The highest BCUT2D eigenvalue weighted by Crippen LogP contribution is 2.17. The van der Waals surface area contributed by atoms with Gasteiger partial charge in [0, 0.05) is 18.4 Å². The number of nitrogens with two attached hydrogens (primary N) is 1. The van der Waals surface area contributed by atoms with Crippen LogP contribution in [-0.2, 0) is 0 Å². The van der Waals surface area contributed by atoms with Gasteiger partial charge in [0.25, 0.3) is 0 Å². The molecule has 2 N–H and O–H groups in total. The van der Waals surface area contributed by atoms with Gasteiger partial charge in [-0.05, 0) is 30.5 Å². The Morgan fingerprint density at radius 1 is 1.58 bits per heavy atom. The largest absolute Gasteiger partial charge is 0.324 e. The fourth-order valence-corrected chi connectivity index (χ4v) is 1.22. The van der Waals surface area contributed by atoms with Gasteiger partial charge in [-0.3, -0.25) is 4.98 Å². The molecule has 0 saturated carbocycles. The molecule has 0 saturated heterocycles. The lowest BCUT2D eigenvalue weighted by atomic mass is 10.0. The van der Waals surface area contributed by atoms with E-state index in [0.717, 1.165) is 11.1 Å². The topological polar surface area (TPSA) is 38.9 Å². The van der Waals surface area contributed by atoms with Gasteiger partial charge in [0.05, 0.1) is 0 Å². The van der Waals surface area contributed by atoms with E-state index in [2.05, 4.69) is 11.6 Å². The molecule has 0 spiro atoms. The van der Waals surface area contributed by atoms with Gasteiger partial charge in [0.15, 0.2) is 0 Å². The minimum Gasteiger partial charge on any atom is -0.324 e. The molecule has 12 heavy (non-hydrogen) atoms. The molecule has 0 unspecified atom stereocenters. The molecule has 1 atom stereocenters. The third-order valence-electron chi connectivity index (χ3n) is 2.00. The van der Waals surface area contributed by atoms with E-state index in [0.29, 0.717) is 0 Å². The summed E-state index contributed by atoms with van der Waals surface area (Å²) in [5, 5.41) is 0. The number of hydrogen-bond donors (Lipinski definition) is 1. The third kappa shape index (κ3) is 1.53. The molecule has 1 aromatic heterocycles. The fraction of sp³-hybridized carbons (Fsp3) is 0.300. The maximum Gasteiger partial charge on any atom is 0.0343 e. The summed E-state index contributed by atoms with van der Waals surface area (Å²) in [6.07, 6.45) is 5.41. The molecule has 0 amide bonds. The van der Waals surface area contributed by atoms with Crippen LogP contribution < -0.4 is 5.73 Å². The standard InChI is InChI=1S/C10H14N2/c1-4-9-5-12-6-10(7(9)2)8(3)11/h4-6,8H,1,11H2,2-3H3/t8-/m0/s1. The van der Waals surface area contributed by atoms with E-state index >= 15 is 0 Å². The Morgan fingerprint density at radius 3 is 2.75 bits per heavy atom. The Balaban J connectivity index is 3.22. The van der Waals surface area contributed by atoms with Crippen LogP contribution in [0.5, 0.6) is 0 Å². The van der Waals surface area contributed by atoms with Gasteiger partial charge < -0.3 is 5.73 Å². The van der Waals surface area contributed by atoms with Crippen molar-refractivity contribution in [3.05, 3.63) is 35.7 Å².